The van der Waals surface area contributed by atoms with Crippen LogP contribution in [0.25, 0.3) is 11.3 Å². The molecule has 0 radical (unpaired) electrons. The van der Waals surface area contributed by atoms with Crippen molar-refractivity contribution in [2.45, 2.75) is 26.2 Å². The molecule has 2 N–H and O–H groups in total. The van der Waals surface area contributed by atoms with Gasteiger partial charge in [0, 0.05) is 30.6 Å². The number of anilines is 2. The highest BCUT2D eigenvalue weighted by molar-refractivity contribution is 5.78. The lowest BCUT2D eigenvalue weighted by Crippen LogP contribution is -2.25. The molecule has 0 spiro atoms. The largest absolute Gasteiger partial charge is 0.396 e. The highest BCUT2D eigenvalue weighted by atomic mass is 19.1. The average Bonchev–Trinajstić information content (AvgIpc) is 2.76. The van der Waals surface area contributed by atoms with Crippen LogP contribution in [0, 0.1) is 11.6 Å². The van der Waals surface area contributed by atoms with Gasteiger partial charge in [-0.1, -0.05) is 26.3 Å². The smallest absolute Gasteiger partial charge is 0.158 e. The molecule has 3 aromatic rings. The minimum Gasteiger partial charge on any atom is -0.396 e. The van der Waals surface area contributed by atoms with Crippen LogP contribution in [0.2, 0.25) is 0 Å². The number of benzene rings is 1. The molecule has 8 heteroatoms. The van der Waals surface area contributed by atoms with Crippen LogP contribution in [0.15, 0.2) is 66.3 Å². The van der Waals surface area contributed by atoms with E-state index in [1.54, 1.807) is 41.8 Å². The summed E-state index contributed by atoms with van der Waals surface area (Å²) in [5, 5.41) is 0. The maximum atomic E-state index is 13.7. The van der Waals surface area contributed by atoms with Crippen molar-refractivity contribution in [3.63, 3.8) is 0 Å². The lowest BCUT2D eigenvalue weighted by molar-refractivity contribution is 0.584. The van der Waals surface area contributed by atoms with Gasteiger partial charge in [0.05, 0.1) is 29.5 Å². The van der Waals surface area contributed by atoms with E-state index < -0.39 is 11.6 Å². The van der Waals surface area contributed by atoms with Crippen LogP contribution >= 0.6 is 0 Å². The number of nitrogens with two attached hydrogens (primary N) is 1. The third-order valence-corrected chi connectivity index (χ3v) is 4.55. The molecule has 0 bridgehead atoms. The Morgan fingerprint density at radius 3 is 2.61 bits per heavy atom. The molecule has 31 heavy (non-hydrogen) atoms. The van der Waals surface area contributed by atoms with Crippen LogP contribution in [0.4, 0.5) is 20.3 Å². The molecule has 0 unspecified atom stereocenters. The summed E-state index contributed by atoms with van der Waals surface area (Å²) in [6.07, 6.45) is 9.21. The number of nitrogen functional groups attached to an aromatic ring is 1. The quantitative estimate of drug-likeness (QED) is 0.388. The molecule has 2 aromatic heterocycles. The Morgan fingerprint density at radius 2 is 1.94 bits per heavy atom. The Balaban J connectivity index is 1.95. The van der Waals surface area contributed by atoms with E-state index in [0.29, 0.717) is 40.8 Å². The van der Waals surface area contributed by atoms with Crippen molar-refractivity contribution in [1.82, 2.24) is 15.0 Å². The van der Waals surface area contributed by atoms with Crippen molar-refractivity contribution < 1.29 is 8.78 Å². The Morgan fingerprint density at radius 1 is 1.16 bits per heavy atom. The van der Waals surface area contributed by atoms with E-state index in [0.717, 1.165) is 25.3 Å². The zero-order chi connectivity index (χ0) is 22.2. The van der Waals surface area contributed by atoms with Gasteiger partial charge in [-0.3, -0.25) is 9.97 Å². The Bertz CT molecular complexity index is 1050. The molecule has 2 heterocycles. The molecule has 0 atom stereocenters. The van der Waals surface area contributed by atoms with Crippen molar-refractivity contribution in [2.75, 3.05) is 17.2 Å². The molecule has 3 rings (SSSR count). The van der Waals surface area contributed by atoms with Gasteiger partial charge in [0.25, 0.3) is 0 Å². The molecule has 0 aliphatic heterocycles. The van der Waals surface area contributed by atoms with E-state index >= 15 is 0 Å². The molecule has 0 aliphatic carbocycles. The highest BCUT2D eigenvalue weighted by Crippen LogP contribution is 2.29. The van der Waals surface area contributed by atoms with Gasteiger partial charge < -0.3 is 10.6 Å². The summed E-state index contributed by atoms with van der Waals surface area (Å²) < 4.78 is 27.4. The summed E-state index contributed by atoms with van der Waals surface area (Å²) in [4.78, 5) is 19.0. The summed E-state index contributed by atoms with van der Waals surface area (Å²) in [5.74, 6) is -0.496. The van der Waals surface area contributed by atoms with Crippen LogP contribution < -0.4 is 10.6 Å². The average molecular weight is 422 g/mol. The van der Waals surface area contributed by atoms with E-state index in [-0.39, 0.29) is 0 Å². The molecular weight excluding hydrogens is 398 g/mol. The second-order valence-corrected chi connectivity index (χ2v) is 6.93. The maximum Gasteiger partial charge on any atom is 0.158 e. The molecule has 0 amide bonds. The van der Waals surface area contributed by atoms with Crippen molar-refractivity contribution in [3.8, 4) is 11.3 Å². The fourth-order valence-electron chi connectivity index (χ4n) is 3.00. The van der Waals surface area contributed by atoms with Crippen LogP contribution in [0.5, 0.6) is 0 Å². The van der Waals surface area contributed by atoms with Gasteiger partial charge >= 0.3 is 0 Å². The fourth-order valence-corrected chi connectivity index (χ4v) is 3.00. The second kappa shape index (κ2) is 10.4. The third-order valence-electron chi connectivity index (χ3n) is 4.55. The molecule has 0 aliphatic rings. The fraction of sp³-hybridized carbons (Fsp3) is 0.217. The number of halogens is 2. The summed E-state index contributed by atoms with van der Waals surface area (Å²) in [7, 11) is 0. The zero-order valence-electron chi connectivity index (χ0n) is 17.3. The van der Waals surface area contributed by atoms with Crippen molar-refractivity contribution in [2.24, 2.45) is 4.99 Å². The van der Waals surface area contributed by atoms with E-state index in [4.69, 9.17) is 5.73 Å². The molecule has 0 fully saturated rings. The highest BCUT2D eigenvalue weighted by Gasteiger charge is 2.16. The lowest BCUT2D eigenvalue weighted by atomic mass is 10.1. The van der Waals surface area contributed by atoms with E-state index in [1.807, 2.05) is 0 Å². The Hall–Kier alpha value is -3.68. The van der Waals surface area contributed by atoms with Crippen LogP contribution in [-0.4, -0.2) is 27.7 Å². The summed E-state index contributed by atoms with van der Waals surface area (Å²) in [6.45, 7) is 6.76. The SMILES string of the molecule is C=C(/N=C/c1cnccn1)N(CCCCC)c1nc(-c2cc(F)cc(F)c2)ccc1N. The number of unbranched alkanes of at least 4 members (excludes halogenated alkanes) is 2. The number of hydrogen-bond donors (Lipinski definition) is 1. The van der Waals surface area contributed by atoms with E-state index in [2.05, 4.69) is 33.4 Å². The normalized spacial score (nSPS) is 11.1. The molecule has 6 nitrogen and oxygen atoms in total. The van der Waals surface area contributed by atoms with E-state index in [1.165, 1.54) is 12.1 Å². The van der Waals surface area contributed by atoms with Crippen LogP contribution in [0.3, 0.4) is 0 Å². The molecule has 0 saturated heterocycles. The van der Waals surface area contributed by atoms with Gasteiger partial charge in [-0.15, -0.1) is 0 Å². The number of hydrogen-bond acceptors (Lipinski definition) is 6. The van der Waals surface area contributed by atoms with Gasteiger partial charge in [0.15, 0.2) is 5.82 Å². The monoisotopic (exact) mass is 422 g/mol. The molecule has 0 saturated carbocycles. The van der Waals surface area contributed by atoms with Crippen molar-refractivity contribution in [3.05, 3.63) is 78.7 Å². The van der Waals surface area contributed by atoms with Gasteiger partial charge in [-0.2, -0.15) is 0 Å². The number of rotatable bonds is 9. The first kappa shape index (κ1) is 22.0. The molecular formula is C23H24F2N6. The van der Waals surface area contributed by atoms with Gasteiger partial charge in [0.2, 0.25) is 0 Å². The lowest BCUT2D eigenvalue weighted by Gasteiger charge is -2.25. The maximum absolute atomic E-state index is 13.7. The summed E-state index contributed by atoms with van der Waals surface area (Å²) in [5.41, 5.74) is 7.92. The number of nitrogens with zero attached hydrogens (tertiary/aromatic N) is 5. The molecule has 1 aromatic carbocycles. The summed E-state index contributed by atoms with van der Waals surface area (Å²) >= 11 is 0. The first-order valence-electron chi connectivity index (χ1n) is 9.97. The van der Waals surface area contributed by atoms with Crippen LogP contribution in [-0.2, 0) is 0 Å². The Kier molecular flexibility index (Phi) is 7.37. The van der Waals surface area contributed by atoms with Crippen LogP contribution in [0.1, 0.15) is 31.9 Å². The second-order valence-electron chi connectivity index (χ2n) is 6.93. The van der Waals surface area contributed by atoms with Gasteiger partial charge in [-0.25, -0.2) is 18.8 Å². The zero-order valence-corrected chi connectivity index (χ0v) is 17.3. The Labute approximate surface area is 180 Å². The minimum absolute atomic E-state index is 0.320. The van der Waals surface area contributed by atoms with Gasteiger partial charge in [0.1, 0.15) is 17.5 Å². The first-order valence-corrected chi connectivity index (χ1v) is 9.97. The predicted octanol–water partition coefficient (Wildman–Crippen LogP) is 4.99. The van der Waals surface area contributed by atoms with Crippen molar-refractivity contribution in [1.29, 1.82) is 0 Å². The number of aromatic nitrogens is 3. The first-order chi connectivity index (χ1) is 15.0. The molecule has 160 valence electrons. The minimum atomic E-state index is -0.673. The van der Waals surface area contributed by atoms with Crippen molar-refractivity contribution >= 4 is 17.7 Å². The summed E-state index contributed by atoms with van der Waals surface area (Å²) in [6, 6.07) is 6.57. The van der Waals surface area contributed by atoms with Gasteiger partial charge in [-0.05, 0) is 30.7 Å². The topological polar surface area (TPSA) is 80.3 Å². The van der Waals surface area contributed by atoms with E-state index in [9.17, 15) is 8.78 Å². The standard InChI is InChI=1S/C23H24F2N6/c1-3-4-5-10-31(16(2)29-15-20-14-27-8-9-28-20)23-21(26)6-7-22(30-23)17-11-18(24)13-19(25)12-17/h6-9,11-15H,2-5,10,26H2,1H3/b29-15+. The number of aliphatic imine (C=N–C) groups is 1. The number of pyridine rings is 1. The third kappa shape index (κ3) is 5.91. The predicted molar refractivity (Wildman–Crippen MR) is 120 cm³/mol.